The number of fused-ring (bicyclic) bond motifs is 1. The fourth-order valence-electron chi connectivity index (χ4n) is 2.62. The van der Waals surface area contributed by atoms with E-state index in [1.807, 2.05) is 0 Å². The Kier molecular flexibility index (Phi) is 2.08. The number of benzene rings is 1. The first-order valence-electron chi connectivity index (χ1n) is 5.83. The van der Waals surface area contributed by atoms with E-state index in [4.69, 9.17) is 5.73 Å². The summed E-state index contributed by atoms with van der Waals surface area (Å²) in [7, 11) is 0. The maximum Gasteiger partial charge on any atom is 0.0427 e. The van der Waals surface area contributed by atoms with Crippen LogP contribution in [-0.2, 0) is 6.54 Å². The summed E-state index contributed by atoms with van der Waals surface area (Å²) in [6, 6.07) is 7.55. The smallest absolute Gasteiger partial charge is 0.0427 e. The van der Waals surface area contributed by atoms with Crippen molar-refractivity contribution in [3.8, 4) is 0 Å². The van der Waals surface area contributed by atoms with Gasteiger partial charge in [-0.3, -0.25) is 4.90 Å². The molecule has 2 N–H and O–H groups in total. The number of nitrogens with two attached hydrogens (primary N) is 1. The minimum Gasteiger partial charge on any atom is -0.323 e. The molecule has 3 rings (SSSR count). The molecule has 1 aliphatic carbocycles. The summed E-state index contributed by atoms with van der Waals surface area (Å²) >= 11 is 0. The minimum absolute atomic E-state index is 0.217. The maximum absolute atomic E-state index is 6.23. The molecule has 80 valence electrons. The zero-order valence-corrected chi connectivity index (χ0v) is 9.24. The van der Waals surface area contributed by atoms with Crippen LogP contribution in [0.5, 0.6) is 0 Å². The van der Waals surface area contributed by atoms with Crippen LogP contribution >= 0.6 is 0 Å². The zero-order chi connectivity index (χ0) is 10.4. The molecule has 2 nitrogen and oxygen atoms in total. The van der Waals surface area contributed by atoms with Crippen LogP contribution in [0.4, 0.5) is 0 Å². The summed E-state index contributed by atoms with van der Waals surface area (Å²) in [5, 5.41) is 0. The zero-order valence-electron chi connectivity index (χ0n) is 9.24. The molecule has 1 unspecified atom stereocenters. The van der Waals surface area contributed by atoms with E-state index in [1.54, 1.807) is 0 Å². The molecular weight excluding hydrogens is 184 g/mol. The Morgan fingerprint density at radius 3 is 2.87 bits per heavy atom. The lowest BCUT2D eigenvalue weighted by Crippen LogP contribution is -2.38. The second-order valence-electron chi connectivity index (χ2n) is 4.91. The van der Waals surface area contributed by atoms with Crippen molar-refractivity contribution in [2.75, 3.05) is 6.54 Å². The average Bonchev–Trinajstić information content (AvgIpc) is 3.02. The third-order valence-electron chi connectivity index (χ3n) is 3.70. The highest BCUT2D eigenvalue weighted by Gasteiger charge is 2.33. The van der Waals surface area contributed by atoms with Crippen molar-refractivity contribution in [3.63, 3.8) is 0 Å². The van der Waals surface area contributed by atoms with Gasteiger partial charge >= 0.3 is 0 Å². The Labute approximate surface area is 91.1 Å². The number of nitrogens with zero attached hydrogens (tertiary/aromatic N) is 1. The highest BCUT2D eigenvalue weighted by atomic mass is 15.2. The van der Waals surface area contributed by atoms with Gasteiger partial charge in [0.05, 0.1) is 0 Å². The molecular formula is C13H18N2. The molecule has 1 heterocycles. The first kappa shape index (κ1) is 9.37. The van der Waals surface area contributed by atoms with Crippen LogP contribution in [0.2, 0.25) is 0 Å². The molecule has 0 radical (unpaired) electrons. The summed E-state index contributed by atoms with van der Waals surface area (Å²) in [5.41, 5.74) is 10.5. The van der Waals surface area contributed by atoms with Crippen molar-refractivity contribution in [1.29, 1.82) is 0 Å². The molecule has 1 aliphatic heterocycles. The molecule has 1 saturated carbocycles. The largest absolute Gasteiger partial charge is 0.323 e. The highest BCUT2D eigenvalue weighted by molar-refractivity contribution is 5.38. The van der Waals surface area contributed by atoms with E-state index in [1.165, 1.54) is 29.5 Å². The second kappa shape index (κ2) is 3.32. The van der Waals surface area contributed by atoms with Crippen LogP contribution in [0.15, 0.2) is 18.2 Å². The first-order chi connectivity index (χ1) is 7.25. The number of aryl methyl sites for hydroxylation is 1. The molecule has 0 aromatic heterocycles. The average molecular weight is 202 g/mol. The monoisotopic (exact) mass is 202 g/mol. The molecule has 0 amide bonds. The summed E-state index contributed by atoms with van der Waals surface area (Å²) in [6.45, 7) is 4.35. The Bertz CT molecular complexity index is 382. The van der Waals surface area contributed by atoms with Gasteiger partial charge in [0.1, 0.15) is 0 Å². The van der Waals surface area contributed by atoms with Gasteiger partial charge in [-0.25, -0.2) is 0 Å². The predicted molar refractivity (Wildman–Crippen MR) is 61.5 cm³/mol. The Morgan fingerprint density at radius 1 is 1.33 bits per heavy atom. The van der Waals surface area contributed by atoms with E-state index < -0.39 is 0 Å². The van der Waals surface area contributed by atoms with Gasteiger partial charge in [-0.15, -0.1) is 0 Å². The fourth-order valence-corrected chi connectivity index (χ4v) is 2.62. The minimum atomic E-state index is 0.217. The normalized spacial score (nSPS) is 26.4. The van der Waals surface area contributed by atoms with Crippen molar-refractivity contribution in [3.05, 3.63) is 34.9 Å². The number of hydrogen-bond donors (Lipinski definition) is 1. The molecule has 1 atom stereocenters. The lowest BCUT2D eigenvalue weighted by atomic mass is 9.92. The summed E-state index contributed by atoms with van der Waals surface area (Å²) in [6.07, 6.45) is 2.74. The quantitative estimate of drug-likeness (QED) is 0.754. The van der Waals surface area contributed by atoms with Crippen molar-refractivity contribution >= 4 is 0 Å². The molecule has 15 heavy (non-hydrogen) atoms. The van der Waals surface area contributed by atoms with Crippen molar-refractivity contribution in [2.24, 2.45) is 5.73 Å². The van der Waals surface area contributed by atoms with Gasteiger partial charge in [0.2, 0.25) is 0 Å². The van der Waals surface area contributed by atoms with Crippen molar-refractivity contribution < 1.29 is 0 Å². The molecule has 0 saturated heterocycles. The van der Waals surface area contributed by atoms with Crippen LogP contribution in [0.1, 0.15) is 35.6 Å². The van der Waals surface area contributed by atoms with E-state index in [-0.39, 0.29) is 6.04 Å². The Morgan fingerprint density at radius 2 is 2.13 bits per heavy atom. The summed E-state index contributed by atoms with van der Waals surface area (Å²) < 4.78 is 0. The SMILES string of the molecule is Cc1cccc2c1CN(C1CC1)CC2N. The number of hydrogen-bond acceptors (Lipinski definition) is 2. The lowest BCUT2D eigenvalue weighted by Gasteiger charge is -2.33. The summed E-state index contributed by atoms with van der Waals surface area (Å²) in [4.78, 5) is 2.56. The van der Waals surface area contributed by atoms with Gasteiger partial charge < -0.3 is 5.73 Å². The van der Waals surface area contributed by atoms with Crippen LogP contribution in [-0.4, -0.2) is 17.5 Å². The van der Waals surface area contributed by atoms with Crippen LogP contribution in [0, 0.1) is 6.92 Å². The Balaban J connectivity index is 1.97. The summed E-state index contributed by atoms with van der Waals surface area (Å²) in [5.74, 6) is 0. The topological polar surface area (TPSA) is 29.3 Å². The second-order valence-corrected chi connectivity index (χ2v) is 4.91. The van der Waals surface area contributed by atoms with E-state index in [0.29, 0.717) is 0 Å². The first-order valence-corrected chi connectivity index (χ1v) is 5.83. The standard InChI is InChI=1S/C13H18N2/c1-9-3-2-4-11-12(9)7-15(8-13(11)14)10-5-6-10/h2-4,10,13H,5-8,14H2,1H3. The molecule has 2 heteroatoms. The molecule has 1 fully saturated rings. The van der Waals surface area contributed by atoms with Gasteiger partial charge in [-0.05, 0) is 36.5 Å². The maximum atomic E-state index is 6.23. The molecule has 0 bridgehead atoms. The van der Waals surface area contributed by atoms with Crippen molar-refractivity contribution in [2.45, 2.75) is 38.4 Å². The lowest BCUT2D eigenvalue weighted by molar-refractivity contribution is 0.221. The fraction of sp³-hybridized carbons (Fsp3) is 0.538. The molecule has 1 aromatic rings. The van der Waals surface area contributed by atoms with Crippen molar-refractivity contribution in [1.82, 2.24) is 4.90 Å². The Hall–Kier alpha value is -0.860. The van der Waals surface area contributed by atoms with Gasteiger partial charge in [-0.2, -0.15) is 0 Å². The van der Waals surface area contributed by atoms with Gasteiger partial charge in [0, 0.05) is 25.2 Å². The van der Waals surface area contributed by atoms with Gasteiger partial charge in [0.25, 0.3) is 0 Å². The van der Waals surface area contributed by atoms with Crippen LogP contribution in [0.25, 0.3) is 0 Å². The van der Waals surface area contributed by atoms with Crippen LogP contribution < -0.4 is 5.73 Å². The molecule has 0 spiro atoms. The molecule has 1 aromatic carbocycles. The van der Waals surface area contributed by atoms with E-state index in [9.17, 15) is 0 Å². The van der Waals surface area contributed by atoms with E-state index in [0.717, 1.165) is 19.1 Å². The third kappa shape index (κ3) is 1.58. The predicted octanol–water partition coefficient (Wildman–Crippen LogP) is 1.97. The van der Waals surface area contributed by atoms with E-state index >= 15 is 0 Å². The highest BCUT2D eigenvalue weighted by Crippen LogP contribution is 2.35. The van der Waals surface area contributed by atoms with Crippen LogP contribution in [0.3, 0.4) is 0 Å². The van der Waals surface area contributed by atoms with Gasteiger partial charge in [0.15, 0.2) is 0 Å². The third-order valence-corrected chi connectivity index (χ3v) is 3.70. The molecule has 2 aliphatic rings. The number of rotatable bonds is 1. The van der Waals surface area contributed by atoms with E-state index in [2.05, 4.69) is 30.0 Å². The van der Waals surface area contributed by atoms with Gasteiger partial charge in [-0.1, -0.05) is 18.2 Å².